The van der Waals surface area contributed by atoms with E-state index >= 15 is 0 Å². The fourth-order valence-corrected chi connectivity index (χ4v) is 2.87. The summed E-state index contributed by atoms with van der Waals surface area (Å²) >= 11 is 0. The van der Waals surface area contributed by atoms with Crippen LogP contribution in [-0.4, -0.2) is 43.6 Å². The summed E-state index contributed by atoms with van der Waals surface area (Å²) in [6.45, 7) is 1.63. The summed E-state index contributed by atoms with van der Waals surface area (Å²) in [5.74, 6) is -0.809. The van der Waals surface area contributed by atoms with Gasteiger partial charge in [0.15, 0.2) is 0 Å². The van der Waals surface area contributed by atoms with Crippen LogP contribution in [0.5, 0.6) is 5.75 Å². The number of nitriles is 1. The number of phenols is 1. The number of nitrogens with zero attached hydrogens (tertiary/aromatic N) is 2. The SMILES string of the molecule is CN(C)CCNC=O.N#Cc1cccc(-c2ccc(Nc3ccc(O)c(C(F)(F)F)c3)cc2)c1. The molecular weight excluding hydrogens is 445 g/mol. The predicted octanol–water partition coefficient (Wildman–Crippen LogP) is 4.99. The van der Waals surface area contributed by atoms with Crippen LogP contribution in [0.15, 0.2) is 66.7 Å². The molecule has 0 atom stereocenters. The van der Waals surface area contributed by atoms with E-state index in [-0.39, 0.29) is 5.69 Å². The zero-order valence-electron chi connectivity index (χ0n) is 18.7. The smallest absolute Gasteiger partial charge is 0.420 e. The van der Waals surface area contributed by atoms with Crippen LogP contribution >= 0.6 is 0 Å². The van der Waals surface area contributed by atoms with Crippen molar-refractivity contribution in [2.24, 2.45) is 0 Å². The molecule has 34 heavy (non-hydrogen) atoms. The molecule has 0 aliphatic rings. The Morgan fingerprint density at radius 1 is 1.00 bits per heavy atom. The number of alkyl halides is 3. The average molecular weight is 470 g/mol. The lowest BCUT2D eigenvalue weighted by atomic mass is 10.0. The number of aromatic hydroxyl groups is 1. The molecule has 6 nitrogen and oxygen atoms in total. The summed E-state index contributed by atoms with van der Waals surface area (Å²) in [5.41, 5.74) is 2.04. The quantitative estimate of drug-likeness (QED) is 0.257. The number of hydrogen-bond donors (Lipinski definition) is 3. The molecule has 178 valence electrons. The Morgan fingerprint density at radius 2 is 1.68 bits per heavy atom. The third-order valence-electron chi connectivity index (χ3n) is 4.59. The average Bonchev–Trinajstić information content (AvgIpc) is 2.80. The van der Waals surface area contributed by atoms with E-state index in [0.29, 0.717) is 17.7 Å². The van der Waals surface area contributed by atoms with Crippen LogP contribution in [0.1, 0.15) is 11.1 Å². The maximum absolute atomic E-state index is 12.9. The first-order chi connectivity index (χ1) is 16.1. The lowest BCUT2D eigenvalue weighted by Gasteiger charge is -2.13. The van der Waals surface area contributed by atoms with Crippen molar-refractivity contribution >= 4 is 17.8 Å². The Hall–Kier alpha value is -4.03. The third-order valence-corrected chi connectivity index (χ3v) is 4.59. The molecule has 0 heterocycles. The zero-order valence-corrected chi connectivity index (χ0v) is 18.7. The monoisotopic (exact) mass is 470 g/mol. The Balaban J connectivity index is 0.000000440. The molecule has 0 fully saturated rings. The normalized spacial score (nSPS) is 10.6. The van der Waals surface area contributed by atoms with Gasteiger partial charge in [0, 0.05) is 24.5 Å². The second-order valence-electron chi connectivity index (χ2n) is 7.50. The van der Waals surface area contributed by atoms with Gasteiger partial charge in [-0.15, -0.1) is 0 Å². The van der Waals surface area contributed by atoms with Crippen molar-refractivity contribution < 1.29 is 23.1 Å². The molecule has 0 aliphatic heterocycles. The molecule has 0 saturated carbocycles. The number of likely N-dealkylation sites (N-methyl/N-ethyl adjacent to an activating group) is 1. The van der Waals surface area contributed by atoms with Gasteiger partial charge < -0.3 is 20.6 Å². The zero-order chi connectivity index (χ0) is 25.1. The topological polar surface area (TPSA) is 88.4 Å². The van der Waals surface area contributed by atoms with E-state index in [4.69, 9.17) is 5.26 Å². The molecule has 1 amide bonds. The summed E-state index contributed by atoms with van der Waals surface area (Å²) in [5, 5.41) is 23.8. The molecule has 0 aliphatic carbocycles. The van der Waals surface area contributed by atoms with Crippen LogP contribution in [0.3, 0.4) is 0 Å². The highest BCUT2D eigenvalue weighted by molar-refractivity contribution is 5.70. The summed E-state index contributed by atoms with van der Waals surface area (Å²) in [7, 11) is 3.93. The van der Waals surface area contributed by atoms with Gasteiger partial charge in [0.2, 0.25) is 6.41 Å². The number of halogens is 3. The molecule has 0 saturated heterocycles. The molecule has 3 aromatic rings. The fraction of sp³-hybridized carbons (Fsp3) is 0.200. The number of anilines is 2. The Morgan fingerprint density at radius 3 is 2.26 bits per heavy atom. The fourth-order valence-electron chi connectivity index (χ4n) is 2.87. The van der Waals surface area contributed by atoms with Crippen LogP contribution in [0.4, 0.5) is 24.5 Å². The van der Waals surface area contributed by atoms with Crippen LogP contribution in [0.25, 0.3) is 11.1 Å². The highest BCUT2D eigenvalue weighted by Crippen LogP contribution is 2.37. The van der Waals surface area contributed by atoms with Crippen LogP contribution in [0.2, 0.25) is 0 Å². The van der Waals surface area contributed by atoms with E-state index in [2.05, 4.69) is 16.7 Å². The minimum Gasteiger partial charge on any atom is -0.507 e. The summed E-state index contributed by atoms with van der Waals surface area (Å²) in [6, 6.07) is 19.5. The molecule has 9 heteroatoms. The van der Waals surface area contributed by atoms with E-state index in [1.165, 1.54) is 6.07 Å². The maximum atomic E-state index is 12.9. The van der Waals surface area contributed by atoms with Crippen LogP contribution in [0, 0.1) is 11.3 Å². The second kappa shape index (κ2) is 12.3. The van der Waals surface area contributed by atoms with Crippen LogP contribution < -0.4 is 10.6 Å². The van der Waals surface area contributed by atoms with Crippen molar-refractivity contribution in [3.63, 3.8) is 0 Å². The van der Waals surface area contributed by atoms with Gasteiger partial charge in [-0.1, -0.05) is 24.3 Å². The van der Waals surface area contributed by atoms with Crippen molar-refractivity contribution in [2.45, 2.75) is 6.18 Å². The van der Waals surface area contributed by atoms with Crippen molar-refractivity contribution in [2.75, 3.05) is 32.5 Å². The van der Waals surface area contributed by atoms with Gasteiger partial charge in [-0.25, -0.2) is 0 Å². The lowest BCUT2D eigenvalue weighted by molar-refractivity contribution is -0.138. The highest BCUT2D eigenvalue weighted by Gasteiger charge is 2.34. The van der Waals surface area contributed by atoms with Crippen molar-refractivity contribution in [1.82, 2.24) is 10.2 Å². The number of amides is 1. The van der Waals surface area contributed by atoms with Gasteiger partial charge in [0.25, 0.3) is 0 Å². The maximum Gasteiger partial charge on any atom is 0.420 e. The minimum atomic E-state index is -4.63. The van der Waals surface area contributed by atoms with Gasteiger partial charge in [-0.2, -0.15) is 18.4 Å². The molecule has 0 bridgehead atoms. The molecule has 3 rings (SSSR count). The molecule has 0 radical (unpaired) electrons. The largest absolute Gasteiger partial charge is 0.507 e. The number of carbonyl (C=O) groups excluding carboxylic acids is 1. The van der Waals surface area contributed by atoms with Gasteiger partial charge >= 0.3 is 6.18 Å². The van der Waals surface area contributed by atoms with E-state index < -0.39 is 17.5 Å². The number of hydrogen-bond acceptors (Lipinski definition) is 5. The molecule has 0 spiro atoms. The Labute approximate surface area is 196 Å². The minimum absolute atomic E-state index is 0.217. The van der Waals surface area contributed by atoms with Gasteiger partial charge in [-0.05, 0) is 67.7 Å². The first-order valence-electron chi connectivity index (χ1n) is 10.2. The van der Waals surface area contributed by atoms with E-state index in [1.54, 1.807) is 30.3 Å². The standard InChI is InChI=1S/C20H13F3N2O.C5H12N2O/c21-20(22,23)18-11-17(8-9-19(18)26)25-16-6-4-14(5-7-16)15-3-1-2-13(10-15)12-24;1-7(2)4-3-6-5-8/h1-11,25-26H;5H,3-4H2,1-2H3,(H,6,8). The number of rotatable bonds is 7. The highest BCUT2D eigenvalue weighted by atomic mass is 19.4. The number of carbonyl (C=O) groups is 1. The van der Waals surface area contributed by atoms with Gasteiger partial charge in [0.05, 0.1) is 17.2 Å². The summed E-state index contributed by atoms with van der Waals surface area (Å²) < 4.78 is 38.6. The first-order valence-corrected chi connectivity index (χ1v) is 10.2. The van der Waals surface area contributed by atoms with Gasteiger partial charge in [0.1, 0.15) is 5.75 Å². The molecule has 3 N–H and O–H groups in total. The lowest BCUT2D eigenvalue weighted by Crippen LogP contribution is -2.25. The van der Waals surface area contributed by atoms with Crippen molar-refractivity contribution in [1.29, 1.82) is 5.26 Å². The van der Waals surface area contributed by atoms with Crippen LogP contribution in [-0.2, 0) is 11.0 Å². The molecular formula is C25H25F3N4O2. The molecule has 3 aromatic carbocycles. The number of phenolic OH excluding ortho intramolecular Hbond substituents is 1. The predicted molar refractivity (Wildman–Crippen MR) is 126 cm³/mol. The van der Waals surface area contributed by atoms with E-state index in [1.807, 2.05) is 37.2 Å². The third kappa shape index (κ3) is 8.15. The molecule has 0 aromatic heterocycles. The molecule has 0 unspecified atom stereocenters. The first kappa shape index (κ1) is 26.2. The van der Waals surface area contributed by atoms with Crippen molar-refractivity contribution in [3.05, 3.63) is 77.9 Å². The number of benzene rings is 3. The van der Waals surface area contributed by atoms with Crippen molar-refractivity contribution in [3.8, 4) is 22.9 Å². The van der Waals surface area contributed by atoms with E-state index in [0.717, 1.165) is 36.3 Å². The van der Waals surface area contributed by atoms with E-state index in [9.17, 15) is 23.1 Å². The Bertz CT molecular complexity index is 1120. The van der Waals surface area contributed by atoms with Gasteiger partial charge in [-0.3, -0.25) is 4.79 Å². The second-order valence-corrected chi connectivity index (χ2v) is 7.50. The summed E-state index contributed by atoms with van der Waals surface area (Å²) in [4.78, 5) is 11.7. The Kier molecular flexibility index (Phi) is 9.47. The summed E-state index contributed by atoms with van der Waals surface area (Å²) in [6.07, 6.45) is -3.92. The number of nitrogens with one attached hydrogen (secondary N) is 2.